The Morgan fingerprint density at radius 1 is 0.882 bits per heavy atom. The van der Waals surface area contributed by atoms with E-state index in [1.165, 1.54) is 15.8 Å². The van der Waals surface area contributed by atoms with Crippen LogP contribution >= 0.6 is 11.3 Å². The highest BCUT2D eigenvalue weighted by molar-refractivity contribution is 7.16. The fraction of sp³-hybridized carbons (Fsp3) is 0. The largest absolute Gasteiger partial charge is 0.244 e. The number of hydrogen-bond acceptors (Lipinski definition) is 2. The molecule has 1 aromatic heterocycles. The van der Waals surface area contributed by atoms with E-state index in [0.29, 0.717) is 0 Å². The summed E-state index contributed by atoms with van der Waals surface area (Å²) in [5.74, 6) is 0. The third-order valence-electron chi connectivity index (χ3n) is 2.65. The molecule has 0 aliphatic carbocycles. The molecule has 1 heterocycles. The van der Waals surface area contributed by atoms with Crippen LogP contribution in [0.15, 0.2) is 54.0 Å². The lowest BCUT2D eigenvalue weighted by Gasteiger charge is -1.95. The van der Waals surface area contributed by atoms with Crippen molar-refractivity contribution in [1.82, 2.24) is 4.98 Å². The van der Waals surface area contributed by atoms with E-state index in [2.05, 4.69) is 47.5 Å². The number of rotatable bonds is 2. The van der Waals surface area contributed by atoms with E-state index < -0.39 is 0 Å². The number of thiazole rings is 1. The van der Waals surface area contributed by atoms with Gasteiger partial charge in [-0.25, -0.2) is 4.98 Å². The molecule has 1 nitrogen and oxygen atoms in total. The summed E-state index contributed by atoms with van der Waals surface area (Å²) in [5, 5.41) is 0. The van der Waals surface area contributed by atoms with Gasteiger partial charge in [-0.3, -0.25) is 0 Å². The van der Waals surface area contributed by atoms with Crippen LogP contribution in [0, 0.1) is 0 Å². The second-order valence-corrected chi connectivity index (χ2v) is 4.68. The molecular formula is C15H11NS. The number of hydrogen-bond donors (Lipinski definition) is 0. The highest BCUT2D eigenvalue weighted by Crippen LogP contribution is 2.22. The van der Waals surface area contributed by atoms with E-state index in [0.717, 1.165) is 5.52 Å². The lowest BCUT2D eigenvalue weighted by Crippen LogP contribution is -1.75. The minimum absolute atomic E-state index is 1.09. The van der Waals surface area contributed by atoms with Gasteiger partial charge in [0.15, 0.2) is 0 Å². The van der Waals surface area contributed by atoms with Gasteiger partial charge in [-0.1, -0.05) is 54.6 Å². The summed E-state index contributed by atoms with van der Waals surface area (Å²) in [6, 6.07) is 16.6. The first-order valence-corrected chi connectivity index (χ1v) is 6.37. The number of para-hydroxylation sites is 1. The lowest BCUT2D eigenvalue weighted by molar-refractivity contribution is 1.49. The van der Waals surface area contributed by atoms with Crippen LogP contribution < -0.4 is 0 Å². The molecule has 2 aromatic carbocycles. The Balaban J connectivity index is 2.00. The number of nitrogens with zero attached hydrogens (tertiary/aromatic N) is 1. The van der Waals surface area contributed by atoms with Gasteiger partial charge in [-0.15, -0.1) is 11.3 Å². The number of benzene rings is 2. The Morgan fingerprint density at radius 3 is 2.65 bits per heavy atom. The molecule has 3 rings (SSSR count). The van der Waals surface area contributed by atoms with Crippen LogP contribution in [0.4, 0.5) is 0 Å². The Bertz CT molecular complexity index is 653. The fourth-order valence-corrected chi connectivity index (χ4v) is 2.50. The van der Waals surface area contributed by atoms with Crippen LogP contribution in [0.3, 0.4) is 0 Å². The maximum absolute atomic E-state index is 4.40. The van der Waals surface area contributed by atoms with Crippen LogP contribution in [-0.2, 0) is 0 Å². The fourth-order valence-electron chi connectivity index (χ4n) is 1.79. The molecule has 0 fully saturated rings. The average Bonchev–Trinajstić information content (AvgIpc) is 2.86. The summed E-state index contributed by atoms with van der Waals surface area (Å²) in [7, 11) is 0. The maximum atomic E-state index is 4.40. The SMILES string of the molecule is C(=C/c1cccc2scnc12)/c1ccccc1. The molecule has 0 saturated heterocycles. The normalized spacial score (nSPS) is 11.3. The summed E-state index contributed by atoms with van der Waals surface area (Å²) >= 11 is 1.68. The molecule has 0 aliphatic rings. The number of aromatic nitrogens is 1. The predicted octanol–water partition coefficient (Wildman–Crippen LogP) is 4.47. The lowest BCUT2D eigenvalue weighted by atomic mass is 10.1. The molecule has 0 spiro atoms. The molecule has 0 aliphatic heterocycles. The second kappa shape index (κ2) is 4.52. The first-order chi connectivity index (χ1) is 8.43. The molecule has 17 heavy (non-hydrogen) atoms. The van der Waals surface area contributed by atoms with E-state index in [4.69, 9.17) is 0 Å². The summed E-state index contributed by atoms with van der Waals surface area (Å²) in [5.41, 5.74) is 5.36. The van der Waals surface area contributed by atoms with Gasteiger partial charge in [0.2, 0.25) is 0 Å². The monoisotopic (exact) mass is 237 g/mol. The van der Waals surface area contributed by atoms with E-state index in [1.807, 2.05) is 23.7 Å². The second-order valence-electron chi connectivity index (χ2n) is 3.79. The summed E-state index contributed by atoms with van der Waals surface area (Å²) in [6.07, 6.45) is 4.24. The molecule has 3 aromatic rings. The first kappa shape index (κ1) is 10.2. The molecule has 0 saturated carbocycles. The van der Waals surface area contributed by atoms with E-state index in [-0.39, 0.29) is 0 Å². The highest BCUT2D eigenvalue weighted by Gasteiger charge is 1.99. The van der Waals surface area contributed by atoms with Crippen LogP contribution in [0.5, 0.6) is 0 Å². The Kier molecular flexibility index (Phi) is 2.72. The van der Waals surface area contributed by atoms with Gasteiger partial charge in [0.1, 0.15) is 0 Å². The zero-order valence-corrected chi connectivity index (χ0v) is 10.0. The third-order valence-corrected chi connectivity index (χ3v) is 3.44. The van der Waals surface area contributed by atoms with Gasteiger partial charge in [0.05, 0.1) is 15.7 Å². The van der Waals surface area contributed by atoms with Crippen LogP contribution in [0.1, 0.15) is 11.1 Å². The summed E-state index contributed by atoms with van der Waals surface area (Å²) in [4.78, 5) is 4.40. The molecular weight excluding hydrogens is 226 g/mol. The van der Waals surface area contributed by atoms with Crippen molar-refractivity contribution in [2.45, 2.75) is 0 Å². The predicted molar refractivity (Wildman–Crippen MR) is 75.0 cm³/mol. The number of fused-ring (bicyclic) bond motifs is 1. The van der Waals surface area contributed by atoms with Crippen molar-refractivity contribution >= 4 is 33.7 Å². The minimum atomic E-state index is 1.09. The zero-order valence-electron chi connectivity index (χ0n) is 9.21. The van der Waals surface area contributed by atoms with Gasteiger partial charge in [0.25, 0.3) is 0 Å². The molecule has 0 radical (unpaired) electrons. The summed E-state index contributed by atoms with van der Waals surface area (Å²) < 4.78 is 1.24. The Hall–Kier alpha value is -1.93. The highest BCUT2D eigenvalue weighted by atomic mass is 32.1. The standard InChI is InChI=1S/C15H11NS/c1-2-5-12(6-3-1)9-10-13-7-4-8-14-15(13)16-11-17-14/h1-11H/b10-9-. The van der Waals surface area contributed by atoms with E-state index in [1.54, 1.807) is 11.3 Å². The van der Waals surface area contributed by atoms with Crippen LogP contribution in [-0.4, -0.2) is 4.98 Å². The minimum Gasteiger partial charge on any atom is -0.244 e. The molecule has 0 bridgehead atoms. The van der Waals surface area contributed by atoms with E-state index >= 15 is 0 Å². The van der Waals surface area contributed by atoms with Crippen LogP contribution in [0.2, 0.25) is 0 Å². The van der Waals surface area contributed by atoms with Crippen molar-refractivity contribution in [2.75, 3.05) is 0 Å². The van der Waals surface area contributed by atoms with E-state index in [9.17, 15) is 0 Å². The van der Waals surface area contributed by atoms with Gasteiger partial charge < -0.3 is 0 Å². The van der Waals surface area contributed by atoms with Gasteiger partial charge in [0, 0.05) is 5.56 Å². The molecule has 0 atom stereocenters. The molecule has 2 heteroatoms. The van der Waals surface area contributed by atoms with Gasteiger partial charge in [-0.2, -0.15) is 0 Å². The quantitative estimate of drug-likeness (QED) is 0.599. The molecule has 0 unspecified atom stereocenters. The van der Waals surface area contributed by atoms with Crippen molar-refractivity contribution in [1.29, 1.82) is 0 Å². The molecule has 82 valence electrons. The average molecular weight is 237 g/mol. The first-order valence-electron chi connectivity index (χ1n) is 5.49. The van der Waals surface area contributed by atoms with Gasteiger partial charge in [-0.05, 0) is 11.6 Å². The van der Waals surface area contributed by atoms with Crippen molar-refractivity contribution in [2.24, 2.45) is 0 Å². The van der Waals surface area contributed by atoms with Crippen molar-refractivity contribution in [3.05, 3.63) is 65.2 Å². The van der Waals surface area contributed by atoms with Crippen molar-refractivity contribution < 1.29 is 0 Å². The Labute approximate surface area is 104 Å². The molecule has 0 amide bonds. The van der Waals surface area contributed by atoms with Crippen molar-refractivity contribution in [3.8, 4) is 0 Å². The van der Waals surface area contributed by atoms with Crippen molar-refractivity contribution in [3.63, 3.8) is 0 Å². The smallest absolute Gasteiger partial charge is 0.0884 e. The Morgan fingerprint density at radius 2 is 1.76 bits per heavy atom. The maximum Gasteiger partial charge on any atom is 0.0884 e. The topological polar surface area (TPSA) is 12.9 Å². The summed E-state index contributed by atoms with van der Waals surface area (Å²) in [6.45, 7) is 0. The third kappa shape index (κ3) is 2.12. The molecule has 0 N–H and O–H groups in total. The van der Waals surface area contributed by atoms with Gasteiger partial charge >= 0.3 is 0 Å². The zero-order chi connectivity index (χ0) is 11.5. The van der Waals surface area contributed by atoms with Crippen LogP contribution in [0.25, 0.3) is 22.4 Å².